The Kier molecular flexibility index (Phi) is 7.78. The van der Waals surface area contributed by atoms with Crippen LogP contribution in [0.4, 0.5) is 0 Å². The van der Waals surface area contributed by atoms with E-state index in [0.717, 1.165) is 12.8 Å². The molecule has 0 aromatic rings. The fourth-order valence-electron chi connectivity index (χ4n) is 2.65. The van der Waals surface area contributed by atoms with Gasteiger partial charge in [0.1, 0.15) is 0 Å². The highest BCUT2D eigenvalue weighted by Crippen LogP contribution is 2.35. The van der Waals surface area contributed by atoms with Gasteiger partial charge in [-0.25, -0.2) is 0 Å². The maximum absolute atomic E-state index is 5.94. The van der Waals surface area contributed by atoms with Crippen molar-refractivity contribution in [3.05, 3.63) is 12.2 Å². The van der Waals surface area contributed by atoms with Gasteiger partial charge in [0.05, 0.1) is 0 Å². The SMILES string of the molecule is CCCCCCCCCCC1(OC)C=CC(C)(OC)O1. The molecule has 2 atom stereocenters. The van der Waals surface area contributed by atoms with E-state index in [1.165, 1.54) is 44.9 Å². The summed E-state index contributed by atoms with van der Waals surface area (Å²) < 4.78 is 16.9. The van der Waals surface area contributed by atoms with Gasteiger partial charge in [-0.3, -0.25) is 0 Å². The number of unbranched alkanes of at least 4 members (excludes halogenated alkanes) is 7. The zero-order valence-electron chi connectivity index (χ0n) is 13.7. The highest BCUT2D eigenvalue weighted by atomic mass is 16.8. The van der Waals surface area contributed by atoms with E-state index in [4.69, 9.17) is 14.2 Å². The Bertz CT molecular complexity index is 290. The van der Waals surface area contributed by atoms with Crippen LogP contribution in [-0.2, 0) is 14.2 Å². The summed E-state index contributed by atoms with van der Waals surface area (Å²) in [6.45, 7) is 4.17. The van der Waals surface area contributed by atoms with Gasteiger partial charge in [-0.1, -0.05) is 51.9 Å². The second kappa shape index (κ2) is 8.81. The molecule has 1 heterocycles. The number of hydrogen-bond donors (Lipinski definition) is 0. The quantitative estimate of drug-likeness (QED) is 0.402. The largest absolute Gasteiger partial charge is 0.350 e. The summed E-state index contributed by atoms with van der Waals surface area (Å²) in [5.41, 5.74) is 0. The second-order valence-electron chi connectivity index (χ2n) is 5.90. The van der Waals surface area contributed by atoms with Crippen molar-refractivity contribution >= 4 is 0 Å². The molecule has 1 rings (SSSR count). The average Bonchev–Trinajstić information content (AvgIpc) is 2.81. The molecule has 1 aliphatic heterocycles. The minimum Gasteiger partial charge on any atom is -0.350 e. The molecule has 1 aliphatic rings. The molecule has 3 heteroatoms. The maximum atomic E-state index is 5.94. The molecule has 0 spiro atoms. The van der Waals surface area contributed by atoms with Gasteiger partial charge in [0.15, 0.2) is 11.6 Å². The minimum absolute atomic E-state index is 0.590. The lowest BCUT2D eigenvalue weighted by Crippen LogP contribution is -2.37. The third-order valence-corrected chi connectivity index (χ3v) is 4.15. The van der Waals surface area contributed by atoms with E-state index in [9.17, 15) is 0 Å². The van der Waals surface area contributed by atoms with Crippen LogP contribution in [0.1, 0.15) is 71.6 Å². The second-order valence-corrected chi connectivity index (χ2v) is 5.90. The highest BCUT2D eigenvalue weighted by molar-refractivity contribution is 5.10. The van der Waals surface area contributed by atoms with Gasteiger partial charge in [0, 0.05) is 20.6 Å². The molecule has 118 valence electrons. The van der Waals surface area contributed by atoms with Gasteiger partial charge in [-0.2, -0.15) is 0 Å². The van der Waals surface area contributed by atoms with Crippen molar-refractivity contribution in [1.82, 2.24) is 0 Å². The summed E-state index contributed by atoms with van der Waals surface area (Å²) in [5, 5.41) is 0. The molecule has 0 bridgehead atoms. The molecule has 3 nitrogen and oxygen atoms in total. The lowest BCUT2D eigenvalue weighted by Gasteiger charge is -2.31. The Morgan fingerprint density at radius 3 is 1.95 bits per heavy atom. The molecule has 0 saturated carbocycles. The molecule has 0 aliphatic carbocycles. The number of rotatable bonds is 11. The predicted molar refractivity (Wildman–Crippen MR) is 82.6 cm³/mol. The van der Waals surface area contributed by atoms with Crippen LogP contribution in [0.3, 0.4) is 0 Å². The minimum atomic E-state index is -0.643. The van der Waals surface area contributed by atoms with Gasteiger partial charge >= 0.3 is 0 Å². The fraction of sp³-hybridized carbons (Fsp3) is 0.882. The summed E-state index contributed by atoms with van der Waals surface area (Å²) in [5.74, 6) is -1.23. The van der Waals surface area contributed by atoms with E-state index in [1.54, 1.807) is 14.2 Å². The maximum Gasteiger partial charge on any atom is 0.191 e. The van der Waals surface area contributed by atoms with Crippen LogP contribution in [0.2, 0.25) is 0 Å². The molecule has 0 aromatic heterocycles. The number of hydrogen-bond acceptors (Lipinski definition) is 3. The van der Waals surface area contributed by atoms with Crippen LogP contribution in [0, 0.1) is 0 Å². The van der Waals surface area contributed by atoms with Crippen LogP contribution in [-0.4, -0.2) is 25.8 Å². The van der Waals surface area contributed by atoms with Gasteiger partial charge in [-0.05, 0) is 25.5 Å². The van der Waals surface area contributed by atoms with Crippen molar-refractivity contribution in [2.24, 2.45) is 0 Å². The van der Waals surface area contributed by atoms with E-state index in [0.29, 0.717) is 0 Å². The van der Waals surface area contributed by atoms with Crippen LogP contribution in [0.25, 0.3) is 0 Å². The molecule has 0 aromatic carbocycles. The summed E-state index contributed by atoms with van der Waals surface area (Å²) in [7, 11) is 3.36. The molecular weight excluding hydrogens is 252 g/mol. The van der Waals surface area contributed by atoms with Crippen LogP contribution < -0.4 is 0 Å². The number of methoxy groups -OCH3 is 2. The molecule has 0 amide bonds. The summed E-state index contributed by atoms with van der Waals surface area (Å²) in [6.07, 6.45) is 15.3. The molecule has 0 fully saturated rings. The first-order chi connectivity index (χ1) is 9.60. The van der Waals surface area contributed by atoms with Crippen LogP contribution >= 0.6 is 0 Å². The summed E-state index contributed by atoms with van der Waals surface area (Å²) >= 11 is 0. The lowest BCUT2D eigenvalue weighted by molar-refractivity contribution is -0.289. The van der Waals surface area contributed by atoms with Crippen molar-refractivity contribution in [3.63, 3.8) is 0 Å². The first-order valence-corrected chi connectivity index (χ1v) is 8.10. The molecule has 20 heavy (non-hydrogen) atoms. The summed E-state index contributed by atoms with van der Waals surface area (Å²) in [6, 6.07) is 0. The third-order valence-electron chi connectivity index (χ3n) is 4.15. The molecule has 2 unspecified atom stereocenters. The fourth-order valence-corrected chi connectivity index (χ4v) is 2.65. The molecule has 0 N–H and O–H groups in total. The van der Waals surface area contributed by atoms with Gasteiger partial charge in [0.2, 0.25) is 0 Å². The van der Waals surface area contributed by atoms with E-state index in [2.05, 4.69) is 6.92 Å². The Morgan fingerprint density at radius 2 is 1.45 bits per heavy atom. The third kappa shape index (κ3) is 5.55. The van der Waals surface area contributed by atoms with Crippen molar-refractivity contribution in [3.8, 4) is 0 Å². The Labute approximate surface area is 124 Å². The predicted octanol–water partition coefficient (Wildman–Crippen LogP) is 4.81. The van der Waals surface area contributed by atoms with Gasteiger partial charge in [-0.15, -0.1) is 0 Å². The molecular formula is C17H32O3. The van der Waals surface area contributed by atoms with Crippen molar-refractivity contribution < 1.29 is 14.2 Å². The lowest BCUT2D eigenvalue weighted by atomic mass is 10.0. The standard InChI is InChI=1S/C17H32O3/c1-5-6-7-8-9-10-11-12-13-17(19-4)15-14-16(2,18-3)20-17/h14-15H,5-13H2,1-4H3. The average molecular weight is 284 g/mol. The molecule has 0 saturated heterocycles. The van der Waals surface area contributed by atoms with Crippen LogP contribution in [0.5, 0.6) is 0 Å². The Balaban J connectivity index is 2.16. The number of ether oxygens (including phenoxy) is 3. The van der Waals surface area contributed by atoms with Gasteiger partial charge < -0.3 is 14.2 Å². The topological polar surface area (TPSA) is 27.7 Å². The van der Waals surface area contributed by atoms with Gasteiger partial charge in [0.25, 0.3) is 0 Å². The van der Waals surface area contributed by atoms with E-state index >= 15 is 0 Å². The monoisotopic (exact) mass is 284 g/mol. The van der Waals surface area contributed by atoms with Crippen LogP contribution in [0.15, 0.2) is 12.2 Å². The Morgan fingerprint density at radius 1 is 0.850 bits per heavy atom. The van der Waals surface area contributed by atoms with Crippen molar-refractivity contribution in [2.45, 2.75) is 83.2 Å². The van der Waals surface area contributed by atoms with Crippen molar-refractivity contribution in [1.29, 1.82) is 0 Å². The smallest absolute Gasteiger partial charge is 0.191 e. The first-order valence-electron chi connectivity index (χ1n) is 8.10. The van der Waals surface area contributed by atoms with Crippen molar-refractivity contribution in [2.75, 3.05) is 14.2 Å². The van der Waals surface area contributed by atoms with E-state index in [1.807, 2.05) is 19.1 Å². The Hall–Kier alpha value is -0.380. The zero-order chi connectivity index (χ0) is 14.9. The van der Waals surface area contributed by atoms with E-state index < -0.39 is 11.6 Å². The van der Waals surface area contributed by atoms with E-state index in [-0.39, 0.29) is 0 Å². The highest BCUT2D eigenvalue weighted by Gasteiger charge is 2.42. The normalized spacial score (nSPS) is 29.2. The zero-order valence-corrected chi connectivity index (χ0v) is 13.7. The first kappa shape index (κ1) is 17.7. The summed E-state index contributed by atoms with van der Waals surface area (Å²) in [4.78, 5) is 0. The molecule has 0 radical (unpaired) electrons.